The highest BCUT2D eigenvalue weighted by Gasteiger charge is 2.10. The molecule has 2 rings (SSSR count). The lowest BCUT2D eigenvalue weighted by Gasteiger charge is -2.17. The topological polar surface area (TPSA) is 34.1 Å². The number of anilines is 1. The number of ether oxygens (including phenoxy) is 1. The minimum absolute atomic E-state index is 0.0393. The van der Waals surface area contributed by atoms with E-state index in [2.05, 4.69) is 10.3 Å². The summed E-state index contributed by atoms with van der Waals surface area (Å²) in [6.07, 6.45) is 1.76. The van der Waals surface area contributed by atoms with Crippen molar-refractivity contribution in [3.8, 4) is 5.75 Å². The van der Waals surface area contributed by atoms with E-state index in [4.69, 9.17) is 4.74 Å². The molecule has 3 nitrogen and oxygen atoms in total. The number of methoxy groups -OCH3 is 1. The minimum Gasteiger partial charge on any atom is -0.494 e. The third-order valence-corrected chi connectivity index (χ3v) is 3.05. The standard InChI is InChI=1S/C15H17FN2O/c1-10(18-14-5-4-8-17-11(14)2)12-6-7-13(16)15(9-12)19-3/h4-10,18H,1-3H3. The highest BCUT2D eigenvalue weighted by Crippen LogP contribution is 2.25. The van der Waals surface area contributed by atoms with Crippen LogP contribution in [0.25, 0.3) is 0 Å². The van der Waals surface area contributed by atoms with E-state index in [0.29, 0.717) is 0 Å². The van der Waals surface area contributed by atoms with Crippen molar-refractivity contribution in [1.82, 2.24) is 4.98 Å². The number of nitrogens with one attached hydrogen (secondary N) is 1. The number of hydrogen-bond donors (Lipinski definition) is 1. The van der Waals surface area contributed by atoms with Gasteiger partial charge in [-0.1, -0.05) is 6.07 Å². The number of pyridine rings is 1. The second-order valence-electron chi connectivity index (χ2n) is 4.40. The Kier molecular flexibility index (Phi) is 4.00. The summed E-state index contributed by atoms with van der Waals surface area (Å²) in [6.45, 7) is 3.96. The van der Waals surface area contributed by atoms with Crippen LogP contribution in [-0.4, -0.2) is 12.1 Å². The lowest BCUT2D eigenvalue weighted by atomic mass is 10.1. The summed E-state index contributed by atoms with van der Waals surface area (Å²) in [5, 5.41) is 3.36. The summed E-state index contributed by atoms with van der Waals surface area (Å²) in [4.78, 5) is 4.23. The number of halogens is 1. The summed E-state index contributed by atoms with van der Waals surface area (Å²) in [5.74, 6) is -0.0925. The highest BCUT2D eigenvalue weighted by molar-refractivity contribution is 5.49. The molecule has 0 aliphatic rings. The summed E-state index contributed by atoms with van der Waals surface area (Å²) in [6, 6.07) is 8.77. The number of nitrogens with zero attached hydrogens (tertiary/aromatic N) is 1. The monoisotopic (exact) mass is 260 g/mol. The van der Waals surface area contributed by atoms with Crippen LogP contribution < -0.4 is 10.1 Å². The van der Waals surface area contributed by atoms with Gasteiger partial charge < -0.3 is 10.1 Å². The van der Waals surface area contributed by atoms with Crippen molar-refractivity contribution in [3.05, 3.63) is 53.6 Å². The number of hydrogen-bond acceptors (Lipinski definition) is 3. The van der Waals surface area contributed by atoms with Crippen LogP contribution in [-0.2, 0) is 0 Å². The van der Waals surface area contributed by atoms with Gasteiger partial charge in [0, 0.05) is 12.2 Å². The van der Waals surface area contributed by atoms with Crippen LogP contribution in [0, 0.1) is 12.7 Å². The molecule has 0 bridgehead atoms. The third kappa shape index (κ3) is 3.02. The molecule has 1 aromatic carbocycles. The van der Waals surface area contributed by atoms with Crippen molar-refractivity contribution >= 4 is 5.69 Å². The van der Waals surface area contributed by atoms with Gasteiger partial charge in [0.1, 0.15) is 0 Å². The molecule has 0 aliphatic heterocycles. The summed E-state index contributed by atoms with van der Waals surface area (Å²) in [5.41, 5.74) is 2.86. The van der Waals surface area contributed by atoms with Crippen molar-refractivity contribution in [2.24, 2.45) is 0 Å². The van der Waals surface area contributed by atoms with Gasteiger partial charge in [-0.2, -0.15) is 0 Å². The molecular weight excluding hydrogens is 243 g/mol. The fraction of sp³-hybridized carbons (Fsp3) is 0.267. The molecule has 4 heteroatoms. The van der Waals surface area contributed by atoms with Crippen molar-refractivity contribution in [2.45, 2.75) is 19.9 Å². The van der Waals surface area contributed by atoms with Crippen LogP contribution in [0.2, 0.25) is 0 Å². The number of aryl methyl sites for hydroxylation is 1. The number of aromatic nitrogens is 1. The molecule has 100 valence electrons. The fourth-order valence-corrected chi connectivity index (χ4v) is 1.90. The van der Waals surface area contributed by atoms with Crippen molar-refractivity contribution in [2.75, 3.05) is 12.4 Å². The first-order chi connectivity index (χ1) is 9.11. The highest BCUT2D eigenvalue weighted by atomic mass is 19.1. The molecule has 0 radical (unpaired) electrons. The van der Waals surface area contributed by atoms with Gasteiger partial charge in [-0.15, -0.1) is 0 Å². The maximum absolute atomic E-state index is 13.4. The molecule has 0 amide bonds. The zero-order chi connectivity index (χ0) is 13.8. The predicted molar refractivity (Wildman–Crippen MR) is 74.0 cm³/mol. The SMILES string of the molecule is COc1cc(C(C)Nc2cccnc2C)ccc1F. The van der Waals surface area contributed by atoms with Crippen LogP contribution in [0.15, 0.2) is 36.5 Å². The van der Waals surface area contributed by atoms with Crippen molar-refractivity contribution < 1.29 is 9.13 Å². The van der Waals surface area contributed by atoms with Gasteiger partial charge in [-0.25, -0.2) is 4.39 Å². The van der Waals surface area contributed by atoms with E-state index in [0.717, 1.165) is 16.9 Å². The van der Waals surface area contributed by atoms with E-state index < -0.39 is 0 Å². The van der Waals surface area contributed by atoms with E-state index in [-0.39, 0.29) is 17.6 Å². The van der Waals surface area contributed by atoms with Crippen LogP contribution in [0.1, 0.15) is 24.2 Å². The first kappa shape index (κ1) is 13.3. The Bertz CT molecular complexity index is 572. The molecule has 19 heavy (non-hydrogen) atoms. The smallest absolute Gasteiger partial charge is 0.165 e. The summed E-state index contributed by atoms with van der Waals surface area (Å²) in [7, 11) is 1.46. The molecule has 1 atom stereocenters. The van der Waals surface area contributed by atoms with Gasteiger partial charge in [0.05, 0.1) is 18.5 Å². The lowest BCUT2D eigenvalue weighted by Crippen LogP contribution is -2.08. The molecule has 0 spiro atoms. The van der Waals surface area contributed by atoms with Gasteiger partial charge >= 0.3 is 0 Å². The number of benzene rings is 1. The van der Waals surface area contributed by atoms with Gasteiger partial charge in [-0.05, 0) is 43.7 Å². The summed E-state index contributed by atoms with van der Waals surface area (Å²) < 4.78 is 18.4. The first-order valence-corrected chi connectivity index (χ1v) is 6.13. The second-order valence-corrected chi connectivity index (χ2v) is 4.40. The van der Waals surface area contributed by atoms with Crippen molar-refractivity contribution in [3.63, 3.8) is 0 Å². The van der Waals surface area contributed by atoms with Crippen LogP contribution in [0.5, 0.6) is 5.75 Å². The van der Waals surface area contributed by atoms with E-state index in [1.165, 1.54) is 13.2 Å². The van der Waals surface area contributed by atoms with Crippen molar-refractivity contribution in [1.29, 1.82) is 0 Å². The first-order valence-electron chi connectivity index (χ1n) is 6.13. The van der Waals surface area contributed by atoms with Crippen LogP contribution in [0.4, 0.5) is 10.1 Å². The number of rotatable bonds is 4. The Morgan fingerprint density at radius 3 is 2.79 bits per heavy atom. The zero-order valence-corrected chi connectivity index (χ0v) is 11.3. The fourth-order valence-electron chi connectivity index (χ4n) is 1.90. The molecule has 2 aromatic rings. The Balaban J connectivity index is 2.20. The molecular formula is C15H17FN2O. The zero-order valence-electron chi connectivity index (χ0n) is 11.3. The molecule has 0 saturated carbocycles. The largest absolute Gasteiger partial charge is 0.494 e. The van der Waals surface area contributed by atoms with Crippen LogP contribution in [0.3, 0.4) is 0 Å². The maximum atomic E-state index is 13.4. The summed E-state index contributed by atoms with van der Waals surface area (Å²) >= 11 is 0. The molecule has 1 aromatic heterocycles. The Morgan fingerprint density at radius 2 is 2.11 bits per heavy atom. The third-order valence-electron chi connectivity index (χ3n) is 3.05. The molecule has 1 unspecified atom stereocenters. The van der Waals surface area contributed by atoms with Crippen LogP contribution >= 0.6 is 0 Å². The van der Waals surface area contributed by atoms with E-state index >= 15 is 0 Å². The second kappa shape index (κ2) is 5.69. The van der Waals surface area contributed by atoms with Gasteiger partial charge in [0.25, 0.3) is 0 Å². The molecule has 0 saturated heterocycles. The molecule has 1 N–H and O–H groups in total. The molecule has 0 fully saturated rings. The average Bonchev–Trinajstić information content (AvgIpc) is 2.42. The van der Waals surface area contributed by atoms with Gasteiger partial charge in [-0.3, -0.25) is 4.98 Å². The van der Waals surface area contributed by atoms with Gasteiger partial charge in [0.15, 0.2) is 11.6 Å². The quantitative estimate of drug-likeness (QED) is 0.910. The van der Waals surface area contributed by atoms with E-state index in [1.807, 2.05) is 26.0 Å². The normalized spacial score (nSPS) is 12.0. The Morgan fingerprint density at radius 1 is 1.32 bits per heavy atom. The Hall–Kier alpha value is -2.10. The maximum Gasteiger partial charge on any atom is 0.165 e. The van der Waals surface area contributed by atoms with E-state index in [9.17, 15) is 4.39 Å². The van der Waals surface area contributed by atoms with E-state index in [1.54, 1.807) is 18.3 Å². The predicted octanol–water partition coefficient (Wildman–Crippen LogP) is 3.71. The molecule has 0 aliphatic carbocycles. The lowest BCUT2D eigenvalue weighted by molar-refractivity contribution is 0.385. The van der Waals surface area contributed by atoms with Gasteiger partial charge in [0.2, 0.25) is 0 Å². The molecule has 1 heterocycles. The average molecular weight is 260 g/mol. The Labute approximate surface area is 112 Å². The minimum atomic E-state index is -0.351.